The van der Waals surface area contributed by atoms with Crippen molar-refractivity contribution in [3.8, 4) is 0 Å². The van der Waals surface area contributed by atoms with Gasteiger partial charge in [0.2, 0.25) is 5.83 Å². The van der Waals surface area contributed by atoms with Gasteiger partial charge in [-0.2, -0.15) is 4.39 Å². The molecule has 0 bridgehead atoms. The number of rotatable bonds is 5. The van der Waals surface area contributed by atoms with Gasteiger partial charge in [0.15, 0.2) is 5.78 Å². The van der Waals surface area contributed by atoms with E-state index in [9.17, 15) is 14.0 Å². The van der Waals surface area contributed by atoms with Crippen LogP contribution in [0.2, 0.25) is 5.02 Å². The number of esters is 1. The number of allylic oxidation sites excluding steroid dienone is 1. The Balaban J connectivity index is 2.54. The van der Waals surface area contributed by atoms with Crippen LogP contribution in [0.25, 0.3) is 5.57 Å². The van der Waals surface area contributed by atoms with Crippen LogP contribution in [0.3, 0.4) is 0 Å². The second-order valence-corrected chi connectivity index (χ2v) is 5.05. The summed E-state index contributed by atoms with van der Waals surface area (Å²) in [5.41, 5.74) is 0.206. The number of carbonyl (C=O) groups is 2. The Morgan fingerprint density at radius 1 is 1.00 bits per heavy atom. The molecule has 23 heavy (non-hydrogen) atoms. The van der Waals surface area contributed by atoms with Crippen molar-refractivity contribution >= 4 is 28.9 Å². The van der Waals surface area contributed by atoms with Crippen LogP contribution in [0.4, 0.5) is 4.39 Å². The number of ketones is 1. The van der Waals surface area contributed by atoms with Gasteiger partial charge in [-0.3, -0.25) is 4.79 Å². The van der Waals surface area contributed by atoms with Crippen LogP contribution in [-0.2, 0) is 9.53 Å². The maximum absolute atomic E-state index is 14.5. The molecule has 0 N–H and O–H groups in total. The van der Waals surface area contributed by atoms with Crippen LogP contribution < -0.4 is 0 Å². The zero-order chi connectivity index (χ0) is 16.8. The van der Waals surface area contributed by atoms with E-state index < -0.39 is 17.6 Å². The highest BCUT2D eigenvalue weighted by atomic mass is 35.5. The van der Waals surface area contributed by atoms with Crippen molar-refractivity contribution in [2.45, 2.75) is 6.92 Å². The van der Waals surface area contributed by atoms with Crippen molar-refractivity contribution in [2.75, 3.05) is 6.61 Å². The third-order valence-electron chi connectivity index (χ3n) is 3.07. The van der Waals surface area contributed by atoms with E-state index in [1.54, 1.807) is 37.3 Å². The summed E-state index contributed by atoms with van der Waals surface area (Å²) in [5, 5.41) is 0.456. The third-order valence-corrected chi connectivity index (χ3v) is 3.32. The largest absolute Gasteiger partial charge is 0.461 e. The molecular formula is C18H14ClFO3. The van der Waals surface area contributed by atoms with E-state index in [4.69, 9.17) is 11.6 Å². The molecule has 0 saturated heterocycles. The molecule has 0 aromatic heterocycles. The molecule has 2 rings (SSSR count). The van der Waals surface area contributed by atoms with Gasteiger partial charge in [0.25, 0.3) is 0 Å². The van der Waals surface area contributed by atoms with Crippen molar-refractivity contribution in [3.63, 3.8) is 0 Å². The summed E-state index contributed by atoms with van der Waals surface area (Å²) in [5.74, 6) is -2.98. The normalized spacial score (nSPS) is 11.6. The molecule has 3 nitrogen and oxygen atoms in total. The van der Waals surface area contributed by atoms with E-state index in [0.29, 0.717) is 10.6 Å². The Hall–Kier alpha value is -2.46. The summed E-state index contributed by atoms with van der Waals surface area (Å²) >= 11 is 5.80. The van der Waals surface area contributed by atoms with Gasteiger partial charge in [0, 0.05) is 10.6 Å². The standard InChI is InChI=1S/C18H14ClFO3/c1-2-23-18(22)16(20)15(12-6-4-3-5-7-12)17(21)13-8-10-14(19)11-9-13/h3-11H,2H2,1H3/b16-15+. The molecule has 118 valence electrons. The van der Waals surface area contributed by atoms with Gasteiger partial charge in [-0.1, -0.05) is 41.9 Å². The molecule has 0 heterocycles. The van der Waals surface area contributed by atoms with E-state index in [0.717, 1.165) is 0 Å². The first-order chi connectivity index (χ1) is 11.0. The van der Waals surface area contributed by atoms with Crippen LogP contribution in [0, 0.1) is 0 Å². The third kappa shape index (κ3) is 4.05. The minimum absolute atomic E-state index is 0.0173. The number of hydrogen-bond acceptors (Lipinski definition) is 3. The van der Waals surface area contributed by atoms with Crippen LogP contribution >= 0.6 is 11.6 Å². The number of hydrogen-bond donors (Lipinski definition) is 0. The average Bonchev–Trinajstić information content (AvgIpc) is 2.56. The van der Waals surface area contributed by atoms with Gasteiger partial charge < -0.3 is 4.74 Å². The zero-order valence-corrected chi connectivity index (χ0v) is 13.1. The Morgan fingerprint density at radius 3 is 2.17 bits per heavy atom. The van der Waals surface area contributed by atoms with Crippen LogP contribution in [-0.4, -0.2) is 18.4 Å². The van der Waals surface area contributed by atoms with E-state index in [-0.39, 0.29) is 17.7 Å². The highest BCUT2D eigenvalue weighted by Crippen LogP contribution is 2.26. The first-order valence-electron chi connectivity index (χ1n) is 6.97. The number of carbonyl (C=O) groups excluding carboxylic acids is 2. The minimum Gasteiger partial charge on any atom is -0.461 e. The van der Waals surface area contributed by atoms with Gasteiger partial charge in [-0.25, -0.2) is 4.79 Å². The Kier molecular flexibility index (Phi) is 5.66. The Labute approximate surface area is 138 Å². The molecule has 2 aromatic rings. The minimum atomic E-state index is -1.21. The van der Waals surface area contributed by atoms with E-state index in [1.165, 1.54) is 24.3 Å². The molecule has 0 spiro atoms. The number of benzene rings is 2. The fourth-order valence-electron chi connectivity index (χ4n) is 2.00. The quantitative estimate of drug-likeness (QED) is 0.461. The molecule has 0 saturated carbocycles. The highest BCUT2D eigenvalue weighted by Gasteiger charge is 2.24. The second-order valence-electron chi connectivity index (χ2n) is 4.61. The molecular weight excluding hydrogens is 319 g/mol. The summed E-state index contributed by atoms with van der Waals surface area (Å²) < 4.78 is 19.2. The molecule has 0 aliphatic carbocycles. The fraction of sp³-hybridized carbons (Fsp3) is 0.111. The van der Waals surface area contributed by atoms with Crippen molar-refractivity contribution in [3.05, 3.63) is 76.6 Å². The van der Waals surface area contributed by atoms with Crippen LogP contribution in [0.5, 0.6) is 0 Å². The summed E-state index contributed by atoms with van der Waals surface area (Å²) in [6, 6.07) is 14.2. The first-order valence-corrected chi connectivity index (χ1v) is 7.35. The molecule has 0 amide bonds. The van der Waals surface area contributed by atoms with Gasteiger partial charge in [-0.15, -0.1) is 0 Å². The average molecular weight is 333 g/mol. The fourth-order valence-corrected chi connectivity index (χ4v) is 2.13. The summed E-state index contributed by atoms with van der Waals surface area (Å²) in [7, 11) is 0. The zero-order valence-electron chi connectivity index (χ0n) is 12.4. The van der Waals surface area contributed by atoms with E-state index >= 15 is 0 Å². The molecule has 0 fully saturated rings. The molecule has 2 aromatic carbocycles. The van der Waals surface area contributed by atoms with Crippen LogP contribution in [0.1, 0.15) is 22.8 Å². The molecule has 5 heteroatoms. The Bertz CT molecular complexity index is 737. The van der Waals surface area contributed by atoms with Crippen molar-refractivity contribution in [1.82, 2.24) is 0 Å². The van der Waals surface area contributed by atoms with Crippen molar-refractivity contribution in [2.24, 2.45) is 0 Å². The molecule has 0 aliphatic rings. The SMILES string of the molecule is CCOC(=O)/C(F)=C(\C(=O)c1ccc(Cl)cc1)c1ccccc1. The number of ether oxygens (including phenoxy) is 1. The lowest BCUT2D eigenvalue weighted by molar-refractivity contribution is -0.140. The summed E-state index contributed by atoms with van der Waals surface area (Å²) in [6.45, 7) is 1.58. The highest BCUT2D eigenvalue weighted by molar-refractivity contribution is 6.33. The lowest BCUT2D eigenvalue weighted by Crippen LogP contribution is -2.12. The number of Topliss-reactive ketones (excluding diaryl/α,β-unsaturated/α-hetero) is 1. The van der Waals surface area contributed by atoms with Crippen molar-refractivity contribution in [1.29, 1.82) is 0 Å². The maximum atomic E-state index is 14.5. The predicted molar refractivity (Wildman–Crippen MR) is 86.9 cm³/mol. The lowest BCUT2D eigenvalue weighted by Gasteiger charge is -2.09. The monoisotopic (exact) mass is 332 g/mol. The van der Waals surface area contributed by atoms with Gasteiger partial charge in [-0.05, 0) is 36.8 Å². The van der Waals surface area contributed by atoms with Crippen LogP contribution in [0.15, 0.2) is 60.4 Å². The second kappa shape index (κ2) is 7.70. The van der Waals surface area contributed by atoms with E-state index in [1.807, 2.05) is 0 Å². The van der Waals surface area contributed by atoms with Gasteiger partial charge in [0.1, 0.15) is 0 Å². The Morgan fingerprint density at radius 2 is 1.61 bits per heavy atom. The molecule has 0 aliphatic heterocycles. The predicted octanol–water partition coefficient (Wildman–Crippen LogP) is 4.47. The molecule has 0 radical (unpaired) electrons. The van der Waals surface area contributed by atoms with E-state index in [2.05, 4.69) is 4.74 Å². The smallest absolute Gasteiger partial charge is 0.367 e. The van der Waals surface area contributed by atoms with Gasteiger partial charge >= 0.3 is 5.97 Å². The summed E-state index contributed by atoms with van der Waals surface area (Å²) in [6.07, 6.45) is 0. The number of halogens is 2. The maximum Gasteiger partial charge on any atom is 0.367 e. The summed E-state index contributed by atoms with van der Waals surface area (Å²) in [4.78, 5) is 24.4. The first kappa shape index (κ1) is 16.9. The topological polar surface area (TPSA) is 43.4 Å². The lowest BCUT2D eigenvalue weighted by atomic mass is 9.96. The molecule has 0 atom stereocenters. The molecule has 0 unspecified atom stereocenters. The van der Waals surface area contributed by atoms with Crippen molar-refractivity contribution < 1.29 is 18.7 Å². The van der Waals surface area contributed by atoms with Gasteiger partial charge in [0.05, 0.1) is 12.2 Å².